The summed E-state index contributed by atoms with van der Waals surface area (Å²) in [6.45, 7) is 0. The van der Waals surface area contributed by atoms with Gasteiger partial charge in [-0.2, -0.15) is 13.5 Å². The molecule has 0 spiro atoms. The molecule has 0 bridgehead atoms. The van der Waals surface area contributed by atoms with E-state index in [2.05, 4.69) is 20.2 Å². The number of amides is 1. The van der Waals surface area contributed by atoms with Gasteiger partial charge in [0.15, 0.2) is 0 Å². The number of hydrogen-bond acceptors (Lipinski definition) is 4. The molecule has 0 aliphatic heterocycles. The molecule has 2 rings (SSSR count). The highest BCUT2D eigenvalue weighted by Gasteiger charge is 2.08. The number of anilines is 2. The van der Waals surface area contributed by atoms with Crippen molar-refractivity contribution in [1.82, 2.24) is 10.2 Å². The maximum atomic E-state index is 11.7. The van der Waals surface area contributed by atoms with E-state index in [1.54, 1.807) is 12.1 Å². The van der Waals surface area contributed by atoms with Crippen LogP contribution >= 0.6 is 0 Å². The molecule has 0 aliphatic rings. The quantitative estimate of drug-likeness (QED) is 0.641. The van der Waals surface area contributed by atoms with Crippen molar-refractivity contribution in [2.75, 3.05) is 10.0 Å². The highest BCUT2D eigenvalue weighted by atomic mass is 32.2. The Morgan fingerprint density at radius 3 is 2.63 bits per heavy atom. The number of aromatic amines is 1. The van der Waals surface area contributed by atoms with Crippen LogP contribution in [0, 0.1) is 0 Å². The Kier molecular flexibility index (Phi) is 3.49. The molecule has 0 unspecified atom stereocenters. The van der Waals surface area contributed by atoms with Crippen LogP contribution in [0.3, 0.4) is 0 Å². The number of nitrogens with zero attached hydrogens (tertiary/aromatic N) is 1. The minimum absolute atomic E-state index is 0.255. The predicted octanol–water partition coefficient (Wildman–Crippen LogP) is 0.277. The van der Waals surface area contributed by atoms with Crippen molar-refractivity contribution in [2.45, 2.75) is 0 Å². The minimum atomic E-state index is -3.84. The monoisotopic (exact) mass is 281 g/mol. The van der Waals surface area contributed by atoms with Crippen molar-refractivity contribution in [3.63, 3.8) is 0 Å². The van der Waals surface area contributed by atoms with E-state index in [9.17, 15) is 13.2 Å². The molecule has 0 atom stereocenters. The molecule has 8 nitrogen and oxygen atoms in total. The third-order valence-electron chi connectivity index (χ3n) is 2.13. The van der Waals surface area contributed by atoms with Gasteiger partial charge >= 0.3 is 0 Å². The van der Waals surface area contributed by atoms with Crippen LogP contribution in [0.25, 0.3) is 0 Å². The molecule has 1 aromatic carbocycles. The van der Waals surface area contributed by atoms with Crippen molar-refractivity contribution in [3.8, 4) is 0 Å². The number of carbonyl (C=O) groups excluding carboxylic acids is 1. The van der Waals surface area contributed by atoms with Crippen molar-refractivity contribution in [3.05, 3.63) is 42.2 Å². The number of rotatable bonds is 4. The number of carbonyl (C=O) groups is 1. The molecule has 1 amide bonds. The van der Waals surface area contributed by atoms with Crippen LogP contribution in [0.15, 0.2) is 36.5 Å². The fourth-order valence-electron chi connectivity index (χ4n) is 1.41. The maximum Gasteiger partial charge on any atom is 0.296 e. The fourth-order valence-corrected chi connectivity index (χ4v) is 1.86. The summed E-state index contributed by atoms with van der Waals surface area (Å²) in [5.41, 5.74) is 0.975. The van der Waals surface area contributed by atoms with Crippen molar-refractivity contribution >= 4 is 27.5 Å². The second kappa shape index (κ2) is 5.08. The Morgan fingerprint density at radius 2 is 2.00 bits per heavy atom. The third kappa shape index (κ3) is 3.79. The molecule has 2 aromatic rings. The second-order valence-corrected chi connectivity index (χ2v) is 4.95. The third-order valence-corrected chi connectivity index (χ3v) is 2.65. The van der Waals surface area contributed by atoms with Gasteiger partial charge in [0.2, 0.25) is 0 Å². The Hall–Kier alpha value is -2.39. The van der Waals surface area contributed by atoms with Gasteiger partial charge in [-0.3, -0.25) is 14.6 Å². The Labute approximate surface area is 109 Å². The zero-order chi connectivity index (χ0) is 13.9. The summed E-state index contributed by atoms with van der Waals surface area (Å²) < 4.78 is 23.9. The molecule has 0 saturated carbocycles. The summed E-state index contributed by atoms with van der Waals surface area (Å²) in [6.07, 6.45) is 1.45. The standard InChI is InChI=1S/C10H11N5O3S/c11-19(17,18)15-8-3-1-2-7(6-8)13-10(16)9-4-5-12-14-9/h1-6,15H,(H,12,14)(H,13,16)(H2,11,17,18). The van der Waals surface area contributed by atoms with Crippen LogP contribution in [0.4, 0.5) is 11.4 Å². The lowest BCUT2D eigenvalue weighted by Crippen LogP contribution is -2.21. The largest absolute Gasteiger partial charge is 0.321 e. The fraction of sp³-hybridized carbons (Fsp3) is 0. The maximum absolute atomic E-state index is 11.7. The zero-order valence-electron chi connectivity index (χ0n) is 9.62. The Balaban J connectivity index is 2.13. The van der Waals surface area contributed by atoms with E-state index in [0.29, 0.717) is 11.4 Å². The molecule has 100 valence electrons. The predicted molar refractivity (Wildman–Crippen MR) is 69.7 cm³/mol. The number of H-pyrrole nitrogens is 1. The first-order chi connectivity index (χ1) is 8.94. The molecule has 19 heavy (non-hydrogen) atoms. The molecule has 0 aliphatic carbocycles. The topological polar surface area (TPSA) is 130 Å². The number of nitrogens with one attached hydrogen (secondary N) is 3. The molecular weight excluding hydrogens is 270 g/mol. The van der Waals surface area contributed by atoms with Gasteiger partial charge in [-0.15, -0.1) is 0 Å². The van der Waals surface area contributed by atoms with Gasteiger partial charge in [-0.05, 0) is 24.3 Å². The van der Waals surface area contributed by atoms with Gasteiger partial charge in [-0.1, -0.05) is 6.07 Å². The SMILES string of the molecule is NS(=O)(=O)Nc1cccc(NC(=O)c2ccn[nH]2)c1. The van der Waals surface area contributed by atoms with E-state index >= 15 is 0 Å². The molecule has 0 fully saturated rings. The molecular formula is C10H11N5O3S. The Morgan fingerprint density at radius 1 is 1.26 bits per heavy atom. The molecule has 1 aromatic heterocycles. The van der Waals surface area contributed by atoms with E-state index in [-0.39, 0.29) is 11.6 Å². The van der Waals surface area contributed by atoms with Crippen molar-refractivity contribution in [2.24, 2.45) is 5.14 Å². The summed E-state index contributed by atoms with van der Waals surface area (Å²) in [5.74, 6) is -0.384. The van der Waals surface area contributed by atoms with Crippen LogP contribution < -0.4 is 15.2 Å². The van der Waals surface area contributed by atoms with Gasteiger partial charge in [0.25, 0.3) is 16.1 Å². The summed E-state index contributed by atoms with van der Waals surface area (Å²) in [6, 6.07) is 7.66. The number of hydrogen-bond donors (Lipinski definition) is 4. The average Bonchev–Trinajstić information content (AvgIpc) is 2.80. The van der Waals surface area contributed by atoms with E-state index in [1.165, 1.54) is 24.4 Å². The van der Waals surface area contributed by atoms with Crippen molar-refractivity contribution in [1.29, 1.82) is 0 Å². The molecule has 0 saturated heterocycles. The van der Waals surface area contributed by atoms with Crippen LogP contribution in [-0.2, 0) is 10.2 Å². The highest BCUT2D eigenvalue weighted by molar-refractivity contribution is 7.90. The lowest BCUT2D eigenvalue weighted by molar-refractivity contribution is 0.102. The summed E-state index contributed by atoms with van der Waals surface area (Å²) in [5, 5.41) is 13.6. The lowest BCUT2D eigenvalue weighted by Gasteiger charge is -2.07. The van der Waals surface area contributed by atoms with Crippen LogP contribution in [0.5, 0.6) is 0 Å². The van der Waals surface area contributed by atoms with Gasteiger partial charge in [0.05, 0.1) is 5.69 Å². The molecule has 0 radical (unpaired) electrons. The first-order valence-electron chi connectivity index (χ1n) is 5.15. The lowest BCUT2D eigenvalue weighted by atomic mass is 10.2. The van der Waals surface area contributed by atoms with Crippen LogP contribution in [0.1, 0.15) is 10.5 Å². The van der Waals surface area contributed by atoms with Crippen LogP contribution in [0.2, 0.25) is 0 Å². The summed E-state index contributed by atoms with van der Waals surface area (Å²) in [4.78, 5) is 11.7. The number of benzene rings is 1. The average molecular weight is 281 g/mol. The summed E-state index contributed by atoms with van der Waals surface area (Å²) in [7, 11) is -3.84. The second-order valence-electron chi connectivity index (χ2n) is 3.65. The van der Waals surface area contributed by atoms with Gasteiger partial charge < -0.3 is 5.32 Å². The minimum Gasteiger partial charge on any atom is -0.321 e. The van der Waals surface area contributed by atoms with Crippen molar-refractivity contribution < 1.29 is 13.2 Å². The van der Waals surface area contributed by atoms with E-state index in [1.807, 2.05) is 0 Å². The summed E-state index contributed by atoms with van der Waals surface area (Å²) >= 11 is 0. The first-order valence-corrected chi connectivity index (χ1v) is 6.70. The smallest absolute Gasteiger partial charge is 0.296 e. The number of aromatic nitrogens is 2. The van der Waals surface area contributed by atoms with Gasteiger partial charge in [0.1, 0.15) is 5.69 Å². The normalized spacial score (nSPS) is 11.0. The molecule has 9 heteroatoms. The van der Waals surface area contributed by atoms with E-state index in [0.717, 1.165) is 0 Å². The van der Waals surface area contributed by atoms with E-state index in [4.69, 9.17) is 5.14 Å². The highest BCUT2D eigenvalue weighted by Crippen LogP contribution is 2.16. The van der Waals surface area contributed by atoms with E-state index < -0.39 is 10.2 Å². The zero-order valence-corrected chi connectivity index (χ0v) is 10.4. The van der Waals surface area contributed by atoms with Crippen LogP contribution in [-0.4, -0.2) is 24.5 Å². The van der Waals surface area contributed by atoms with Gasteiger partial charge in [0, 0.05) is 11.9 Å². The number of nitrogens with two attached hydrogens (primary N) is 1. The van der Waals surface area contributed by atoms with Gasteiger partial charge in [-0.25, -0.2) is 5.14 Å². The molecule has 5 N–H and O–H groups in total. The Bertz CT molecular complexity index is 681. The first kappa shape index (κ1) is 13.1. The molecule has 1 heterocycles.